The maximum Gasteiger partial charge on any atom is 0.159 e. The molecular weight excluding hydrogens is 516 g/mol. The van der Waals surface area contributed by atoms with Crippen LogP contribution in [0.15, 0.2) is 134 Å². The highest BCUT2D eigenvalue weighted by Gasteiger charge is 2.26. The molecule has 0 atom stereocenters. The highest BCUT2D eigenvalue weighted by molar-refractivity contribution is 7.26. The van der Waals surface area contributed by atoms with Gasteiger partial charge in [-0.3, -0.25) is 0 Å². The molecule has 0 saturated carbocycles. The molecular formula is C38H22N2S. The maximum absolute atomic E-state index is 4.83. The summed E-state index contributed by atoms with van der Waals surface area (Å²) in [5, 5.41) is 3.70. The summed E-state index contributed by atoms with van der Waals surface area (Å²) >= 11 is 1.88. The van der Waals surface area contributed by atoms with Gasteiger partial charge in [-0.25, -0.2) is 9.97 Å². The molecule has 0 unspecified atom stereocenters. The zero-order chi connectivity index (χ0) is 26.9. The molecule has 5 aromatic carbocycles. The number of pyridine rings is 2. The topological polar surface area (TPSA) is 25.8 Å². The Morgan fingerprint density at radius 3 is 1.83 bits per heavy atom. The molecule has 190 valence electrons. The highest BCUT2D eigenvalue weighted by atomic mass is 32.1. The predicted octanol–water partition coefficient (Wildman–Crippen LogP) is 10.6. The van der Waals surface area contributed by atoms with Gasteiger partial charge in [0.1, 0.15) is 0 Å². The third kappa shape index (κ3) is 3.24. The van der Waals surface area contributed by atoms with E-state index in [0.717, 1.165) is 16.6 Å². The van der Waals surface area contributed by atoms with Crippen molar-refractivity contribution in [2.24, 2.45) is 0 Å². The molecule has 41 heavy (non-hydrogen) atoms. The summed E-state index contributed by atoms with van der Waals surface area (Å²) in [4.78, 5) is 9.44. The number of hydrogen-bond donors (Lipinski definition) is 0. The van der Waals surface area contributed by atoms with E-state index >= 15 is 0 Å². The van der Waals surface area contributed by atoms with Gasteiger partial charge in [-0.1, -0.05) is 103 Å². The van der Waals surface area contributed by atoms with E-state index in [2.05, 4.69) is 120 Å². The molecule has 1 aliphatic rings. The zero-order valence-corrected chi connectivity index (χ0v) is 22.8. The fourth-order valence-electron chi connectivity index (χ4n) is 6.65. The molecule has 3 heteroatoms. The Labute approximate surface area is 241 Å². The molecule has 0 N–H and O–H groups in total. The maximum atomic E-state index is 4.83. The molecule has 2 nitrogen and oxygen atoms in total. The van der Waals surface area contributed by atoms with Crippen LogP contribution in [0.1, 0.15) is 0 Å². The molecule has 0 aliphatic heterocycles. The molecule has 0 amide bonds. The number of hydrogen-bond acceptors (Lipinski definition) is 3. The number of aromatic nitrogens is 2. The van der Waals surface area contributed by atoms with Crippen LogP contribution in [0.25, 0.3) is 86.8 Å². The standard InChI is InChI=1S/C38H22N2S/c1-3-13-26-23(10-1)28-15-7-16-29(31-18-8-17-30-25-12-5-6-20-34(25)41-37(30)31)35(28)27-14-4-2-11-24(27)33-22-40-38-32(36(26)33)19-9-21-39-38/h1-22H. The first-order chi connectivity index (χ1) is 20.4. The number of fused-ring (bicyclic) bond motifs is 13. The summed E-state index contributed by atoms with van der Waals surface area (Å²) in [6, 6.07) is 44.0. The van der Waals surface area contributed by atoms with Crippen LogP contribution in [0.4, 0.5) is 0 Å². The van der Waals surface area contributed by atoms with Gasteiger partial charge in [0, 0.05) is 54.6 Å². The van der Waals surface area contributed by atoms with Crippen molar-refractivity contribution in [2.75, 3.05) is 0 Å². The lowest BCUT2D eigenvalue weighted by Gasteiger charge is -2.25. The van der Waals surface area contributed by atoms with Crippen LogP contribution in [-0.4, -0.2) is 9.97 Å². The molecule has 3 heterocycles. The van der Waals surface area contributed by atoms with E-state index in [9.17, 15) is 0 Å². The number of nitrogens with zero attached hydrogens (tertiary/aromatic N) is 2. The van der Waals surface area contributed by atoms with Crippen molar-refractivity contribution in [1.82, 2.24) is 9.97 Å². The van der Waals surface area contributed by atoms with Gasteiger partial charge in [0.15, 0.2) is 5.65 Å². The first kappa shape index (κ1) is 22.7. The first-order valence-corrected chi connectivity index (χ1v) is 14.7. The molecule has 1 aliphatic carbocycles. The van der Waals surface area contributed by atoms with Crippen molar-refractivity contribution in [1.29, 1.82) is 0 Å². The van der Waals surface area contributed by atoms with Crippen molar-refractivity contribution < 1.29 is 0 Å². The van der Waals surface area contributed by atoms with E-state index < -0.39 is 0 Å². The third-order valence-electron chi connectivity index (χ3n) is 8.37. The highest BCUT2D eigenvalue weighted by Crippen LogP contribution is 2.52. The Kier molecular flexibility index (Phi) is 4.80. The average molecular weight is 539 g/mol. The molecule has 9 rings (SSSR count). The quantitative estimate of drug-likeness (QED) is 0.208. The average Bonchev–Trinajstić information content (AvgIpc) is 3.42. The first-order valence-electron chi connectivity index (χ1n) is 13.8. The van der Waals surface area contributed by atoms with Gasteiger partial charge in [0.25, 0.3) is 0 Å². The molecule has 8 aromatic rings. The zero-order valence-electron chi connectivity index (χ0n) is 22.0. The second kappa shape index (κ2) is 8.69. The second-order valence-corrected chi connectivity index (χ2v) is 11.6. The largest absolute Gasteiger partial charge is 0.237 e. The number of thiophene rings is 1. The minimum absolute atomic E-state index is 0.768. The molecule has 0 saturated heterocycles. The van der Waals surface area contributed by atoms with Gasteiger partial charge in [-0.15, -0.1) is 11.3 Å². The normalized spacial score (nSPS) is 11.9. The number of benzene rings is 5. The Morgan fingerprint density at radius 2 is 0.976 bits per heavy atom. The van der Waals surface area contributed by atoms with E-state index in [1.54, 1.807) is 0 Å². The van der Waals surface area contributed by atoms with Gasteiger partial charge in [0.2, 0.25) is 0 Å². The fourth-order valence-corrected chi connectivity index (χ4v) is 7.88. The lowest BCUT2D eigenvalue weighted by molar-refractivity contribution is 1.29. The molecule has 0 radical (unpaired) electrons. The monoisotopic (exact) mass is 538 g/mol. The van der Waals surface area contributed by atoms with E-state index in [1.165, 1.54) is 70.2 Å². The third-order valence-corrected chi connectivity index (χ3v) is 9.59. The van der Waals surface area contributed by atoms with E-state index in [4.69, 9.17) is 4.98 Å². The van der Waals surface area contributed by atoms with Gasteiger partial charge in [0.05, 0.1) is 0 Å². The van der Waals surface area contributed by atoms with Gasteiger partial charge in [-0.05, 0) is 57.1 Å². The van der Waals surface area contributed by atoms with Crippen molar-refractivity contribution in [3.05, 3.63) is 134 Å². The van der Waals surface area contributed by atoms with Crippen LogP contribution < -0.4 is 0 Å². The summed E-state index contributed by atoms with van der Waals surface area (Å²) in [5.41, 5.74) is 12.9. The molecule has 0 fully saturated rings. The van der Waals surface area contributed by atoms with Crippen LogP contribution in [0.2, 0.25) is 0 Å². The van der Waals surface area contributed by atoms with Crippen LogP contribution >= 0.6 is 11.3 Å². The van der Waals surface area contributed by atoms with Gasteiger partial charge in [-0.2, -0.15) is 0 Å². The lowest BCUT2D eigenvalue weighted by Crippen LogP contribution is -2.00. The Bertz CT molecular complexity index is 2320. The molecule has 0 spiro atoms. The fraction of sp³-hybridized carbons (Fsp3) is 0. The minimum Gasteiger partial charge on any atom is -0.237 e. The molecule has 3 aromatic heterocycles. The van der Waals surface area contributed by atoms with E-state index in [-0.39, 0.29) is 0 Å². The Morgan fingerprint density at radius 1 is 0.390 bits per heavy atom. The van der Waals surface area contributed by atoms with Crippen molar-refractivity contribution in [3.63, 3.8) is 0 Å². The summed E-state index contributed by atoms with van der Waals surface area (Å²) in [6.07, 6.45) is 3.83. The van der Waals surface area contributed by atoms with E-state index in [1.807, 2.05) is 29.8 Å². The van der Waals surface area contributed by atoms with Crippen LogP contribution in [0.5, 0.6) is 0 Å². The summed E-state index contributed by atoms with van der Waals surface area (Å²) in [7, 11) is 0. The van der Waals surface area contributed by atoms with Crippen LogP contribution in [0, 0.1) is 0 Å². The van der Waals surface area contributed by atoms with E-state index in [0.29, 0.717) is 0 Å². The lowest BCUT2D eigenvalue weighted by atomic mass is 9.78. The molecule has 0 bridgehead atoms. The van der Waals surface area contributed by atoms with Gasteiger partial charge >= 0.3 is 0 Å². The Balaban J connectivity index is 1.45. The summed E-state index contributed by atoms with van der Waals surface area (Å²) in [5.74, 6) is 0. The van der Waals surface area contributed by atoms with Crippen molar-refractivity contribution in [3.8, 4) is 55.6 Å². The summed E-state index contributed by atoms with van der Waals surface area (Å²) < 4.78 is 2.65. The predicted molar refractivity (Wildman–Crippen MR) is 173 cm³/mol. The SMILES string of the molecule is c1ccc2c(c1)-c1cnc3ncccc3c1-c1ccccc1-c1cccc(-c3cccc4c3sc3ccccc34)c1-2. The minimum atomic E-state index is 0.768. The van der Waals surface area contributed by atoms with Crippen LogP contribution in [0.3, 0.4) is 0 Å². The number of rotatable bonds is 1. The Hall–Kier alpha value is -5.12. The van der Waals surface area contributed by atoms with Gasteiger partial charge < -0.3 is 0 Å². The smallest absolute Gasteiger partial charge is 0.159 e. The van der Waals surface area contributed by atoms with Crippen molar-refractivity contribution >= 4 is 42.5 Å². The summed E-state index contributed by atoms with van der Waals surface area (Å²) in [6.45, 7) is 0. The van der Waals surface area contributed by atoms with Crippen molar-refractivity contribution in [2.45, 2.75) is 0 Å². The van der Waals surface area contributed by atoms with Crippen LogP contribution in [-0.2, 0) is 0 Å². The second-order valence-electron chi connectivity index (χ2n) is 10.5.